The van der Waals surface area contributed by atoms with Crippen LogP contribution in [0.1, 0.15) is 49.1 Å². The minimum atomic E-state index is -1.05. The first kappa shape index (κ1) is 19.3. The molecule has 0 saturated heterocycles. The molecule has 6 nitrogen and oxygen atoms in total. The highest BCUT2D eigenvalue weighted by Gasteiger charge is 2.29. The molecule has 0 fully saturated rings. The smallest absolute Gasteiger partial charge is 0.338 e. The van der Waals surface area contributed by atoms with E-state index < -0.39 is 18.0 Å². The number of esters is 1. The zero-order valence-corrected chi connectivity index (χ0v) is 16.0. The van der Waals surface area contributed by atoms with Crippen molar-refractivity contribution in [2.45, 2.75) is 13.0 Å². The number of fused-ring (bicyclic) bond motifs is 2. The Hall–Kier alpha value is -4.06. The molecule has 0 bridgehead atoms. The largest absolute Gasteiger partial charge is 0.449 e. The number of ketones is 2. The standard InChI is InChI=1S/C24H17NO5/c1-14(30-24(29)15-7-3-2-4-8-15)23(28)25-16-11-12-19-20(13-16)22(27)18-10-6-5-9-17(18)21(19)26/h2-14H,1H3,(H,25,28)/t14-/m1/s1. The summed E-state index contributed by atoms with van der Waals surface area (Å²) in [4.78, 5) is 50.0. The van der Waals surface area contributed by atoms with Gasteiger partial charge in [0.15, 0.2) is 17.7 Å². The molecular weight excluding hydrogens is 382 g/mol. The van der Waals surface area contributed by atoms with Crippen LogP contribution in [0.15, 0.2) is 72.8 Å². The first-order valence-electron chi connectivity index (χ1n) is 9.35. The molecule has 0 aromatic heterocycles. The lowest BCUT2D eigenvalue weighted by Crippen LogP contribution is -2.30. The molecule has 3 aromatic rings. The highest BCUT2D eigenvalue weighted by Crippen LogP contribution is 2.29. The zero-order valence-electron chi connectivity index (χ0n) is 16.0. The van der Waals surface area contributed by atoms with Crippen molar-refractivity contribution in [3.05, 3.63) is 101 Å². The monoisotopic (exact) mass is 399 g/mol. The molecular formula is C24H17NO5. The normalized spacial score (nSPS) is 13.1. The van der Waals surface area contributed by atoms with E-state index in [1.165, 1.54) is 19.1 Å². The number of hydrogen-bond donors (Lipinski definition) is 1. The maximum absolute atomic E-state index is 12.8. The Morgan fingerprint density at radius 3 is 2.00 bits per heavy atom. The maximum Gasteiger partial charge on any atom is 0.338 e. The van der Waals surface area contributed by atoms with Crippen LogP contribution in [0.5, 0.6) is 0 Å². The lowest BCUT2D eigenvalue weighted by molar-refractivity contribution is -0.123. The lowest BCUT2D eigenvalue weighted by atomic mass is 9.84. The average Bonchev–Trinajstić information content (AvgIpc) is 2.78. The van der Waals surface area contributed by atoms with E-state index in [-0.39, 0.29) is 17.1 Å². The average molecular weight is 399 g/mol. The van der Waals surface area contributed by atoms with Crippen LogP contribution in [-0.4, -0.2) is 29.5 Å². The Kier molecular flexibility index (Phi) is 4.98. The number of anilines is 1. The molecule has 1 atom stereocenters. The Labute approximate surface area is 172 Å². The molecule has 0 heterocycles. The van der Waals surface area contributed by atoms with E-state index in [1.54, 1.807) is 60.7 Å². The van der Waals surface area contributed by atoms with Gasteiger partial charge in [0.25, 0.3) is 5.91 Å². The van der Waals surface area contributed by atoms with Crippen molar-refractivity contribution in [2.24, 2.45) is 0 Å². The summed E-state index contributed by atoms with van der Waals surface area (Å²) in [6.45, 7) is 1.46. The number of hydrogen-bond acceptors (Lipinski definition) is 5. The van der Waals surface area contributed by atoms with Crippen molar-refractivity contribution in [1.29, 1.82) is 0 Å². The third-order valence-corrected chi connectivity index (χ3v) is 4.86. The van der Waals surface area contributed by atoms with Crippen LogP contribution in [0, 0.1) is 0 Å². The predicted octanol–water partition coefficient (Wildman–Crippen LogP) is 3.65. The van der Waals surface area contributed by atoms with Gasteiger partial charge in [-0.05, 0) is 37.3 Å². The van der Waals surface area contributed by atoms with Gasteiger partial charge in [0, 0.05) is 27.9 Å². The highest BCUT2D eigenvalue weighted by atomic mass is 16.5. The number of amides is 1. The third kappa shape index (κ3) is 3.51. The Bertz CT molecular complexity index is 1180. The minimum absolute atomic E-state index is 0.227. The first-order chi connectivity index (χ1) is 14.5. The Balaban J connectivity index is 1.51. The van der Waals surface area contributed by atoms with Gasteiger partial charge in [0.1, 0.15) is 0 Å². The number of benzene rings is 3. The summed E-state index contributed by atoms with van der Waals surface area (Å²) in [6.07, 6.45) is -1.05. The first-order valence-corrected chi connectivity index (χ1v) is 9.35. The van der Waals surface area contributed by atoms with Gasteiger partial charge in [-0.15, -0.1) is 0 Å². The number of rotatable bonds is 4. The molecule has 0 aliphatic heterocycles. The molecule has 148 valence electrons. The molecule has 0 radical (unpaired) electrons. The van der Waals surface area contributed by atoms with E-state index >= 15 is 0 Å². The quantitative estimate of drug-likeness (QED) is 0.529. The van der Waals surface area contributed by atoms with Gasteiger partial charge in [0.2, 0.25) is 0 Å². The van der Waals surface area contributed by atoms with Gasteiger partial charge >= 0.3 is 5.97 Å². The maximum atomic E-state index is 12.8. The molecule has 0 saturated carbocycles. The van der Waals surface area contributed by atoms with Crippen LogP contribution in [0.3, 0.4) is 0 Å². The van der Waals surface area contributed by atoms with Crippen molar-refractivity contribution in [3.8, 4) is 0 Å². The molecule has 1 amide bonds. The second kappa shape index (κ2) is 7.75. The van der Waals surface area contributed by atoms with Crippen molar-refractivity contribution in [1.82, 2.24) is 0 Å². The van der Waals surface area contributed by atoms with Gasteiger partial charge < -0.3 is 10.1 Å². The summed E-state index contributed by atoms with van der Waals surface area (Å²) in [7, 11) is 0. The van der Waals surface area contributed by atoms with E-state index in [0.717, 1.165) is 0 Å². The van der Waals surface area contributed by atoms with Gasteiger partial charge in [-0.1, -0.05) is 42.5 Å². The fourth-order valence-electron chi connectivity index (χ4n) is 3.28. The van der Waals surface area contributed by atoms with Gasteiger partial charge in [-0.2, -0.15) is 0 Å². The fraction of sp³-hybridized carbons (Fsp3) is 0.0833. The fourth-order valence-corrected chi connectivity index (χ4v) is 3.28. The van der Waals surface area contributed by atoms with Crippen molar-refractivity contribution in [2.75, 3.05) is 5.32 Å². The van der Waals surface area contributed by atoms with Gasteiger partial charge in [0.05, 0.1) is 5.56 Å². The van der Waals surface area contributed by atoms with Crippen LogP contribution in [-0.2, 0) is 9.53 Å². The van der Waals surface area contributed by atoms with Crippen LogP contribution >= 0.6 is 0 Å². The molecule has 6 heteroatoms. The van der Waals surface area contributed by atoms with E-state index in [0.29, 0.717) is 27.9 Å². The van der Waals surface area contributed by atoms with Crippen LogP contribution in [0.4, 0.5) is 5.69 Å². The van der Waals surface area contributed by atoms with Crippen LogP contribution in [0.2, 0.25) is 0 Å². The van der Waals surface area contributed by atoms with Gasteiger partial charge in [-0.25, -0.2) is 4.79 Å². The summed E-state index contributed by atoms with van der Waals surface area (Å²) in [5, 5.41) is 2.63. The number of carbonyl (C=O) groups excluding carboxylic acids is 4. The number of nitrogens with one attached hydrogen (secondary N) is 1. The third-order valence-electron chi connectivity index (χ3n) is 4.86. The second-order valence-electron chi connectivity index (χ2n) is 6.87. The van der Waals surface area contributed by atoms with Crippen molar-refractivity contribution in [3.63, 3.8) is 0 Å². The van der Waals surface area contributed by atoms with Crippen LogP contribution < -0.4 is 5.32 Å². The SMILES string of the molecule is C[C@@H](OC(=O)c1ccccc1)C(=O)Nc1ccc2c(c1)C(=O)c1ccccc1C2=O. The molecule has 30 heavy (non-hydrogen) atoms. The molecule has 0 spiro atoms. The molecule has 0 unspecified atom stereocenters. The molecule has 3 aromatic carbocycles. The predicted molar refractivity (Wildman–Crippen MR) is 110 cm³/mol. The van der Waals surface area contributed by atoms with E-state index in [1.807, 2.05) is 0 Å². The molecule has 1 aliphatic rings. The van der Waals surface area contributed by atoms with Crippen molar-refractivity contribution < 1.29 is 23.9 Å². The van der Waals surface area contributed by atoms with Crippen LogP contribution in [0.25, 0.3) is 0 Å². The molecule has 1 N–H and O–H groups in total. The lowest BCUT2D eigenvalue weighted by Gasteiger charge is -2.19. The summed E-state index contributed by atoms with van der Waals surface area (Å²) in [6, 6.07) is 19.5. The van der Waals surface area contributed by atoms with Crippen molar-refractivity contribution >= 4 is 29.1 Å². The number of carbonyl (C=O) groups is 4. The summed E-state index contributed by atoms with van der Waals surface area (Å²) in [5.41, 5.74) is 1.90. The Morgan fingerprint density at radius 2 is 1.33 bits per heavy atom. The topological polar surface area (TPSA) is 89.5 Å². The second-order valence-corrected chi connectivity index (χ2v) is 6.87. The Morgan fingerprint density at radius 1 is 0.767 bits per heavy atom. The highest BCUT2D eigenvalue weighted by molar-refractivity contribution is 6.28. The number of ether oxygens (including phenoxy) is 1. The van der Waals surface area contributed by atoms with E-state index in [9.17, 15) is 19.2 Å². The summed E-state index contributed by atoms with van der Waals surface area (Å²) in [5.74, 6) is -1.67. The zero-order chi connectivity index (χ0) is 21.3. The van der Waals surface area contributed by atoms with E-state index in [4.69, 9.17) is 4.74 Å². The minimum Gasteiger partial charge on any atom is -0.449 e. The van der Waals surface area contributed by atoms with E-state index in [2.05, 4.69) is 5.32 Å². The molecule has 4 rings (SSSR count). The molecule has 1 aliphatic carbocycles. The summed E-state index contributed by atoms with van der Waals surface area (Å²) >= 11 is 0. The summed E-state index contributed by atoms with van der Waals surface area (Å²) < 4.78 is 5.20. The van der Waals surface area contributed by atoms with Gasteiger partial charge in [-0.3, -0.25) is 14.4 Å².